The molecule has 18 heavy (non-hydrogen) atoms. The number of benzene rings is 2. The van der Waals surface area contributed by atoms with Crippen LogP contribution in [0.2, 0.25) is 0 Å². The average Bonchev–Trinajstić information content (AvgIpc) is 2.40. The summed E-state index contributed by atoms with van der Waals surface area (Å²) in [6.45, 7) is 2.03. The summed E-state index contributed by atoms with van der Waals surface area (Å²) in [5.41, 5.74) is 3.31. The van der Waals surface area contributed by atoms with Gasteiger partial charge in [0.25, 0.3) is 0 Å². The zero-order valence-electron chi connectivity index (χ0n) is 10.7. The number of ketones is 1. The van der Waals surface area contributed by atoms with E-state index in [2.05, 4.69) is 18.2 Å². The lowest BCUT2D eigenvalue weighted by atomic mass is 10.00. The Morgan fingerprint density at radius 3 is 2.39 bits per heavy atom. The first-order valence-electron chi connectivity index (χ1n) is 6.45. The van der Waals surface area contributed by atoms with Crippen LogP contribution in [0.5, 0.6) is 0 Å². The maximum absolute atomic E-state index is 11.8. The van der Waals surface area contributed by atoms with Gasteiger partial charge in [0.1, 0.15) is 0 Å². The standard InChI is InChI=1S/C17H18O/c1-2-7-17(18)16-11-6-10-15(13-16)12-14-8-4-3-5-9-14/h3-6,8-11,13H,2,7,12H2,1H3. The third-order valence-corrected chi connectivity index (χ3v) is 2.98. The van der Waals surface area contributed by atoms with Crippen molar-refractivity contribution in [2.75, 3.05) is 0 Å². The fourth-order valence-corrected chi connectivity index (χ4v) is 2.06. The number of hydrogen-bond donors (Lipinski definition) is 0. The fourth-order valence-electron chi connectivity index (χ4n) is 2.06. The third kappa shape index (κ3) is 3.30. The predicted molar refractivity (Wildman–Crippen MR) is 74.9 cm³/mol. The molecule has 0 aromatic heterocycles. The molecule has 0 amide bonds. The summed E-state index contributed by atoms with van der Waals surface area (Å²) in [6, 6.07) is 18.3. The summed E-state index contributed by atoms with van der Waals surface area (Å²) < 4.78 is 0. The van der Waals surface area contributed by atoms with Crippen molar-refractivity contribution in [2.45, 2.75) is 26.2 Å². The van der Waals surface area contributed by atoms with E-state index in [0.29, 0.717) is 6.42 Å². The molecule has 2 aromatic rings. The second-order valence-electron chi connectivity index (χ2n) is 4.54. The lowest BCUT2D eigenvalue weighted by molar-refractivity contribution is 0.0981. The normalized spacial score (nSPS) is 10.3. The summed E-state index contributed by atoms with van der Waals surface area (Å²) in [7, 11) is 0. The highest BCUT2D eigenvalue weighted by Crippen LogP contribution is 2.13. The summed E-state index contributed by atoms with van der Waals surface area (Å²) >= 11 is 0. The maximum Gasteiger partial charge on any atom is 0.162 e. The molecule has 1 nitrogen and oxygen atoms in total. The number of hydrogen-bond acceptors (Lipinski definition) is 1. The van der Waals surface area contributed by atoms with Crippen molar-refractivity contribution in [3.05, 3.63) is 71.3 Å². The number of carbonyl (C=O) groups is 1. The Balaban J connectivity index is 2.15. The van der Waals surface area contributed by atoms with E-state index in [9.17, 15) is 4.79 Å². The minimum atomic E-state index is 0.243. The van der Waals surface area contributed by atoms with Gasteiger partial charge < -0.3 is 0 Å². The zero-order chi connectivity index (χ0) is 12.8. The summed E-state index contributed by atoms with van der Waals surface area (Å²) in [5.74, 6) is 0.243. The topological polar surface area (TPSA) is 17.1 Å². The minimum Gasteiger partial charge on any atom is -0.294 e. The molecule has 0 saturated carbocycles. The lowest BCUT2D eigenvalue weighted by Crippen LogP contribution is -1.99. The van der Waals surface area contributed by atoms with E-state index < -0.39 is 0 Å². The van der Waals surface area contributed by atoms with Gasteiger partial charge in [-0.2, -0.15) is 0 Å². The summed E-state index contributed by atoms with van der Waals surface area (Å²) in [5, 5.41) is 0. The number of rotatable bonds is 5. The van der Waals surface area contributed by atoms with Crippen LogP contribution in [-0.2, 0) is 6.42 Å². The molecule has 2 aromatic carbocycles. The van der Waals surface area contributed by atoms with Gasteiger partial charge in [0.2, 0.25) is 0 Å². The van der Waals surface area contributed by atoms with E-state index in [1.54, 1.807) is 0 Å². The molecule has 0 aliphatic heterocycles. The van der Waals surface area contributed by atoms with Crippen molar-refractivity contribution < 1.29 is 4.79 Å². The van der Waals surface area contributed by atoms with Gasteiger partial charge in [0.15, 0.2) is 5.78 Å². The number of Topliss-reactive ketones (excluding diaryl/α,β-unsaturated/α-hetero) is 1. The van der Waals surface area contributed by atoms with Crippen LogP contribution in [0.3, 0.4) is 0 Å². The smallest absolute Gasteiger partial charge is 0.162 e. The number of carbonyl (C=O) groups excluding carboxylic acids is 1. The molecule has 2 rings (SSSR count). The molecule has 0 fully saturated rings. The van der Waals surface area contributed by atoms with Crippen LogP contribution in [0.25, 0.3) is 0 Å². The SMILES string of the molecule is CCCC(=O)c1cccc(Cc2ccccc2)c1. The van der Waals surface area contributed by atoms with Gasteiger partial charge in [0, 0.05) is 12.0 Å². The van der Waals surface area contributed by atoms with Crippen LogP contribution in [0.15, 0.2) is 54.6 Å². The Kier molecular flexibility index (Phi) is 4.30. The molecule has 0 aliphatic carbocycles. The van der Waals surface area contributed by atoms with Crippen LogP contribution in [0, 0.1) is 0 Å². The van der Waals surface area contributed by atoms with Gasteiger partial charge in [-0.05, 0) is 30.0 Å². The molecule has 1 heteroatoms. The van der Waals surface area contributed by atoms with Gasteiger partial charge in [-0.25, -0.2) is 0 Å². The molecular weight excluding hydrogens is 220 g/mol. The van der Waals surface area contributed by atoms with Crippen LogP contribution < -0.4 is 0 Å². The zero-order valence-corrected chi connectivity index (χ0v) is 10.7. The van der Waals surface area contributed by atoms with E-state index in [-0.39, 0.29) is 5.78 Å². The first kappa shape index (κ1) is 12.6. The van der Waals surface area contributed by atoms with E-state index in [4.69, 9.17) is 0 Å². The van der Waals surface area contributed by atoms with Crippen molar-refractivity contribution in [1.29, 1.82) is 0 Å². The lowest BCUT2D eigenvalue weighted by Gasteiger charge is -2.04. The van der Waals surface area contributed by atoms with Gasteiger partial charge in [0.05, 0.1) is 0 Å². The Hall–Kier alpha value is -1.89. The molecule has 0 atom stereocenters. The Bertz CT molecular complexity index is 514. The molecule has 0 heterocycles. The first-order chi connectivity index (χ1) is 8.79. The van der Waals surface area contributed by atoms with E-state index in [0.717, 1.165) is 18.4 Å². The van der Waals surface area contributed by atoms with Crippen molar-refractivity contribution in [2.24, 2.45) is 0 Å². The van der Waals surface area contributed by atoms with E-state index >= 15 is 0 Å². The Labute approximate surface area is 108 Å². The highest BCUT2D eigenvalue weighted by molar-refractivity contribution is 5.96. The average molecular weight is 238 g/mol. The van der Waals surface area contributed by atoms with Crippen LogP contribution in [0.4, 0.5) is 0 Å². The molecular formula is C17H18O. The van der Waals surface area contributed by atoms with Crippen LogP contribution >= 0.6 is 0 Å². The molecule has 0 saturated heterocycles. The largest absolute Gasteiger partial charge is 0.294 e. The van der Waals surface area contributed by atoms with Gasteiger partial charge in [-0.15, -0.1) is 0 Å². The fraction of sp³-hybridized carbons (Fsp3) is 0.235. The quantitative estimate of drug-likeness (QED) is 0.711. The van der Waals surface area contributed by atoms with Gasteiger partial charge in [-0.3, -0.25) is 4.79 Å². The van der Waals surface area contributed by atoms with Crippen molar-refractivity contribution in [3.63, 3.8) is 0 Å². The monoisotopic (exact) mass is 238 g/mol. The maximum atomic E-state index is 11.8. The van der Waals surface area contributed by atoms with Crippen molar-refractivity contribution >= 4 is 5.78 Å². The second kappa shape index (κ2) is 6.15. The molecule has 92 valence electrons. The molecule has 0 radical (unpaired) electrons. The van der Waals surface area contributed by atoms with Gasteiger partial charge >= 0.3 is 0 Å². The van der Waals surface area contributed by atoms with E-state index in [1.807, 2.05) is 43.3 Å². The molecule has 0 bridgehead atoms. The Morgan fingerprint density at radius 2 is 1.67 bits per heavy atom. The second-order valence-corrected chi connectivity index (χ2v) is 4.54. The van der Waals surface area contributed by atoms with E-state index in [1.165, 1.54) is 11.1 Å². The van der Waals surface area contributed by atoms with Gasteiger partial charge in [-0.1, -0.05) is 55.5 Å². The minimum absolute atomic E-state index is 0.243. The van der Waals surface area contributed by atoms with Crippen LogP contribution in [-0.4, -0.2) is 5.78 Å². The first-order valence-corrected chi connectivity index (χ1v) is 6.45. The molecule has 0 spiro atoms. The highest BCUT2D eigenvalue weighted by atomic mass is 16.1. The summed E-state index contributed by atoms with van der Waals surface area (Å²) in [4.78, 5) is 11.8. The predicted octanol–water partition coefficient (Wildman–Crippen LogP) is 4.26. The highest BCUT2D eigenvalue weighted by Gasteiger charge is 2.05. The molecule has 0 unspecified atom stereocenters. The summed E-state index contributed by atoms with van der Waals surface area (Å²) in [6.07, 6.45) is 2.42. The molecule has 0 N–H and O–H groups in total. The van der Waals surface area contributed by atoms with Crippen molar-refractivity contribution in [1.82, 2.24) is 0 Å². The van der Waals surface area contributed by atoms with Crippen molar-refractivity contribution in [3.8, 4) is 0 Å². The molecule has 0 aliphatic rings. The van der Waals surface area contributed by atoms with Crippen LogP contribution in [0.1, 0.15) is 41.3 Å². The third-order valence-electron chi connectivity index (χ3n) is 2.98. The Morgan fingerprint density at radius 1 is 0.944 bits per heavy atom.